The number of esters is 1. The van der Waals surface area contributed by atoms with Gasteiger partial charge in [0.05, 0.1) is 12.6 Å². The van der Waals surface area contributed by atoms with Crippen molar-refractivity contribution >= 4 is 23.5 Å². The molecule has 1 amide bonds. The van der Waals surface area contributed by atoms with Crippen LogP contribution in [-0.2, 0) is 14.3 Å². The summed E-state index contributed by atoms with van der Waals surface area (Å²) in [6, 6.07) is 6.88. The van der Waals surface area contributed by atoms with Crippen LogP contribution in [0, 0.1) is 0 Å². The first-order chi connectivity index (χ1) is 10.6. The minimum Gasteiger partial charge on any atom is -0.464 e. The van der Waals surface area contributed by atoms with E-state index in [-0.39, 0.29) is 17.9 Å². The van der Waals surface area contributed by atoms with Crippen LogP contribution < -0.4 is 0 Å². The van der Waals surface area contributed by atoms with Crippen molar-refractivity contribution in [2.75, 3.05) is 6.61 Å². The molecule has 2 atom stereocenters. The van der Waals surface area contributed by atoms with Crippen molar-refractivity contribution < 1.29 is 14.3 Å². The summed E-state index contributed by atoms with van der Waals surface area (Å²) in [7, 11) is 0. The number of carbonyl (C=O) groups is 2. The second-order valence-electron chi connectivity index (χ2n) is 5.44. The number of rotatable bonds is 5. The fourth-order valence-electron chi connectivity index (χ4n) is 3.01. The normalized spacial score (nSPS) is 19.9. The molecule has 5 heteroatoms. The molecule has 0 spiro atoms. The molecule has 0 aromatic heterocycles. The Labute approximate surface area is 136 Å². The summed E-state index contributed by atoms with van der Waals surface area (Å²) in [6.07, 6.45) is 2.72. The highest BCUT2D eigenvalue weighted by Gasteiger charge is 2.37. The topological polar surface area (TPSA) is 46.6 Å². The van der Waals surface area contributed by atoms with Gasteiger partial charge in [-0.15, -0.1) is 0 Å². The van der Waals surface area contributed by atoms with Crippen LogP contribution in [0.3, 0.4) is 0 Å². The molecule has 22 heavy (non-hydrogen) atoms. The summed E-state index contributed by atoms with van der Waals surface area (Å²) in [5.41, 5.74) is 1.01. The van der Waals surface area contributed by atoms with Gasteiger partial charge in [-0.2, -0.15) is 0 Å². The Morgan fingerprint density at radius 1 is 1.36 bits per heavy atom. The number of hydrogen-bond donors (Lipinski definition) is 0. The highest BCUT2D eigenvalue weighted by atomic mass is 35.5. The van der Waals surface area contributed by atoms with E-state index in [0.717, 1.165) is 18.4 Å². The lowest BCUT2D eigenvalue weighted by atomic mass is 9.92. The van der Waals surface area contributed by atoms with Gasteiger partial charge in [0, 0.05) is 11.4 Å². The lowest BCUT2D eigenvalue weighted by molar-refractivity contribution is -0.159. The molecular weight excluding hydrogens is 302 g/mol. The Morgan fingerprint density at radius 2 is 2.05 bits per heavy atom. The van der Waals surface area contributed by atoms with Crippen molar-refractivity contribution in [3.8, 4) is 0 Å². The van der Waals surface area contributed by atoms with Crippen LogP contribution in [0.15, 0.2) is 24.3 Å². The number of nitrogens with zero attached hydrogens (tertiary/aromatic N) is 1. The van der Waals surface area contributed by atoms with Gasteiger partial charge in [0.2, 0.25) is 5.91 Å². The third-order valence-corrected chi connectivity index (χ3v) is 4.28. The van der Waals surface area contributed by atoms with E-state index in [0.29, 0.717) is 24.5 Å². The molecule has 2 rings (SSSR count). The Hall–Kier alpha value is -1.55. The maximum atomic E-state index is 12.4. The summed E-state index contributed by atoms with van der Waals surface area (Å²) >= 11 is 5.94. The monoisotopic (exact) mass is 323 g/mol. The third-order valence-electron chi connectivity index (χ3n) is 4.03. The first-order valence-electron chi connectivity index (χ1n) is 7.81. The molecule has 1 fully saturated rings. The zero-order valence-corrected chi connectivity index (χ0v) is 13.8. The van der Waals surface area contributed by atoms with Crippen molar-refractivity contribution in [1.29, 1.82) is 0 Å². The summed E-state index contributed by atoms with van der Waals surface area (Å²) in [6.45, 7) is 4.00. The third kappa shape index (κ3) is 3.61. The maximum Gasteiger partial charge on any atom is 0.328 e. The number of likely N-dealkylation sites (tertiary alicyclic amines) is 1. The summed E-state index contributed by atoms with van der Waals surface area (Å²) in [4.78, 5) is 26.4. The lowest BCUT2D eigenvalue weighted by Gasteiger charge is -2.40. The number of ether oxygens (including phenoxy) is 1. The zero-order valence-electron chi connectivity index (χ0n) is 13.0. The molecule has 1 aliphatic rings. The highest BCUT2D eigenvalue weighted by molar-refractivity contribution is 6.30. The summed E-state index contributed by atoms with van der Waals surface area (Å²) < 4.78 is 5.15. The van der Waals surface area contributed by atoms with Crippen LogP contribution in [0.1, 0.15) is 51.1 Å². The largest absolute Gasteiger partial charge is 0.464 e. The molecule has 0 radical (unpaired) electrons. The average Bonchev–Trinajstić information content (AvgIpc) is 2.51. The SMILES string of the molecule is CCOC(=O)C(CC)N1C(=O)CCC[C@H]1c1ccc(Cl)cc1. The van der Waals surface area contributed by atoms with Gasteiger partial charge in [0.1, 0.15) is 6.04 Å². The molecule has 0 N–H and O–H groups in total. The molecule has 1 aromatic carbocycles. The smallest absolute Gasteiger partial charge is 0.328 e. The Balaban J connectivity index is 2.31. The summed E-state index contributed by atoms with van der Waals surface area (Å²) in [5, 5.41) is 0.662. The molecule has 0 bridgehead atoms. The number of halogens is 1. The van der Waals surface area contributed by atoms with Crippen molar-refractivity contribution in [3.05, 3.63) is 34.9 Å². The van der Waals surface area contributed by atoms with Crippen molar-refractivity contribution in [2.45, 2.75) is 51.6 Å². The molecular formula is C17H22ClNO3. The van der Waals surface area contributed by atoms with E-state index < -0.39 is 6.04 Å². The first-order valence-corrected chi connectivity index (χ1v) is 8.19. The van der Waals surface area contributed by atoms with Gasteiger partial charge in [0.15, 0.2) is 0 Å². The molecule has 1 aliphatic heterocycles. The van der Waals surface area contributed by atoms with Crippen LogP contribution in [0.5, 0.6) is 0 Å². The van der Waals surface area contributed by atoms with Crippen LogP contribution in [0.2, 0.25) is 5.02 Å². The predicted molar refractivity (Wildman–Crippen MR) is 85.6 cm³/mol. The van der Waals surface area contributed by atoms with Gasteiger partial charge in [-0.25, -0.2) is 4.79 Å². The van der Waals surface area contributed by atoms with E-state index in [1.807, 2.05) is 31.2 Å². The van der Waals surface area contributed by atoms with E-state index in [1.54, 1.807) is 11.8 Å². The maximum absolute atomic E-state index is 12.4. The van der Waals surface area contributed by atoms with Gasteiger partial charge < -0.3 is 9.64 Å². The number of piperidine rings is 1. The predicted octanol–water partition coefficient (Wildman–Crippen LogP) is 3.74. The van der Waals surface area contributed by atoms with Crippen molar-refractivity contribution in [1.82, 2.24) is 4.90 Å². The van der Waals surface area contributed by atoms with Gasteiger partial charge >= 0.3 is 5.97 Å². The molecule has 0 aliphatic carbocycles. The number of benzene rings is 1. The van der Waals surface area contributed by atoms with E-state index in [1.165, 1.54) is 0 Å². The van der Waals surface area contributed by atoms with Crippen LogP contribution >= 0.6 is 11.6 Å². The minimum absolute atomic E-state index is 0.0195. The number of hydrogen-bond acceptors (Lipinski definition) is 3. The quantitative estimate of drug-likeness (QED) is 0.776. The fraction of sp³-hybridized carbons (Fsp3) is 0.529. The zero-order chi connectivity index (χ0) is 16.1. The van der Waals surface area contributed by atoms with E-state index >= 15 is 0 Å². The Morgan fingerprint density at radius 3 is 2.64 bits per heavy atom. The number of amides is 1. The second kappa shape index (κ2) is 7.63. The summed E-state index contributed by atoms with van der Waals surface area (Å²) in [5.74, 6) is -0.301. The van der Waals surface area contributed by atoms with Gasteiger partial charge in [-0.05, 0) is 43.9 Å². The van der Waals surface area contributed by atoms with Gasteiger partial charge in [0.25, 0.3) is 0 Å². The Kier molecular flexibility index (Phi) is 5.83. The molecule has 0 saturated carbocycles. The van der Waals surface area contributed by atoms with E-state index in [4.69, 9.17) is 16.3 Å². The molecule has 1 saturated heterocycles. The molecule has 1 aromatic rings. The first kappa shape index (κ1) is 16.8. The number of carbonyl (C=O) groups excluding carboxylic acids is 2. The standard InChI is InChI=1S/C17H22ClNO3/c1-3-14(17(21)22-4-2)19-15(6-5-7-16(19)20)12-8-10-13(18)11-9-12/h8-11,14-15H,3-7H2,1-2H3/t14?,15-/m0/s1. The van der Waals surface area contributed by atoms with Gasteiger partial charge in [-0.1, -0.05) is 30.7 Å². The van der Waals surface area contributed by atoms with Crippen LogP contribution in [-0.4, -0.2) is 29.4 Å². The molecule has 4 nitrogen and oxygen atoms in total. The van der Waals surface area contributed by atoms with Gasteiger partial charge in [-0.3, -0.25) is 4.79 Å². The Bertz CT molecular complexity index is 529. The second-order valence-corrected chi connectivity index (χ2v) is 5.87. The highest BCUT2D eigenvalue weighted by Crippen LogP contribution is 2.34. The van der Waals surface area contributed by atoms with Crippen LogP contribution in [0.25, 0.3) is 0 Å². The van der Waals surface area contributed by atoms with Crippen molar-refractivity contribution in [3.63, 3.8) is 0 Å². The lowest BCUT2D eigenvalue weighted by Crippen LogP contribution is -2.49. The average molecular weight is 324 g/mol. The van der Waals surface area contributed by atoms with E-state index in [9.17, 15) is 9.59 Å². The molecule has 1 unspecified atom stereocenters. The van der Waals surface area contributed by atoms with Crippen LogP contribution in [0.4, 0.5) is 0 Å². The van der Waals surface area contributed by atoms with Crippen molar-refractivity contribution in [2.24, 2.45) is 0 Å². The minimum atomic E-state index is -0.520. The fourth-order valence-corrected chi connectivity index (χ4v) is 3.13. The van der Waals surface area contributed by atoms with E-state index in [2.05, 4.69) is 0 Å². The molecule has 120 valence electrons. The molecule has 1 heterocycles.